The van der Waals surface area contributed by atoms with Crippen molar-refractivity contribution in [1.29, 1.82) is 0 Å². The number of hydrogen-bond acceptors (Lipinski definition) is 3. The maximum absolute atomic E-state index is 12.7. The highest BCUT2D eigenvalue weighted by molar-refractivity contribution is 5.89. The van der Waals surface area contributed by atoms with Crippen molar-refractivity contribution in [2.75, 3.05) is 7.11 Å². The van der Waals surface area contributed by atoms with E-state index in [-0.39, 0.29) is 11.5 Å². The van der Waals surface area contributed by atoms with Gasteiger partial charge in [-0.3, -0.25) is 4.79 Å². The summed E-state index contributed by atoms with van der Waals surface area (Å²) in [5.41, 5.74) is 2.68. The summed E-state index contributed by atoms with van der Waals surface area (Å²) in [5.74, 6) is 4.03. The van der Waals surface area contributed by atoms with E-state index < -0.39 is 0 Å². The van der Waals surface area contributed by atoms with E-state index in [1.165, 1.54) is 24.0 Å². The minimum atomic E-state index is -0.264. The predicted molar refractivity (Wildman–Crippen MR) is 87.0 cm³/mol. The Balaban J connectivity index is 1.81. The maximum atomic E-state index is 12.7. The zero-order valence-electron chi connectivity index (χ0n) is 13.9. The van der Waals surface area contributed by atoms with Crippen molar-refractivity contribution in [3.05, 3.63) is 23.3 Å². The first-order valence-electron chi connectivity index (χ1n) is 9.06. The first-order valence-corrected chi connectivity index (χ1v) is 9.06. The molecule has 3 aliphatic carbocycles. The quantitative estimate of drug-likeness (QED) is 0.794. The molecule has 1 aliphatic heterocycles. The molecule has 1 aromatic rings. The fourth-order valence-electron chi connectivity index (χ4n) is 6.30. The Labute approximate surface area is 137 Å². The average molecular weight is 312 g/mol. The number of methoxy groups -OCH3 is 1. The van der Waals surface area contributed by atoms with Gasteiger partial charge in [-0.15, -0.1) is 0 Å². The van der Waals surface area contributed by atoms with Crippen LogP contribution in [0.3, 0.4) is 0 Å². The Morgan fingerprint density at radius 3 is 3.00 bits per heavy atom. The summed E-state index contributed by atoms with van der Waals surface area (Å²) in [6, 6.07) is 4.26. The Bertz CT molecular complexity index is 694. The van der Waals surface area contributed by atoms with Gasteiger partial charge in [-0.05, 0) is 48.6 Å². The first-order chi connectivity index (χ1) is 11.2. The predicted octanol–water partition coefficient (Wildman–Crippen LogP) is 3.67. The molecule has 3 nitrogen and oxygen atoms in total. The number of carbonyl (C=O) groups is 1. The van der Waals surface area contributed by atoms with Crippen LogP contribution in [-0.2, 0) is 16.6 Å². The van der Waals surface area contributed by atoms with E-state index in [9.17, 15) is 4.79 Å². The zero-order valence-corrected chi connectivity index (χ0v) is 13.9. The number of Topliss-reactive ketones (excluding diaryl/α,β-unsaturated/α-hetero) is 1. The van der Waals surface area contributed by atoms with Gasteiger partial charge >= 0.3 is 0 Å². The van der Waals surface area contributed by atoms with Crippen LogP contribution in [0.4, 0.5) is 0 Å². The van der Waals surface area contributed by atoms with Gasteiger partial charge in [-0.25, -0.2) is 0 Å². The van der Waals surface area contributed by atoms with Gasteiger partial charge in [-0.1, -0.05) is 25.8 Å². The van der Waals surface area contributed by atoms with Gasteiger partial charge in [0, 0.05) is 17.4 Å². The first kappa shape index (κ1) is 13.9. The van der Waals surface area contributed by atoms with Crippen LogP contribution < -0.4 is 9.47 Å². The molecule has 4 aliphatic rings. The molecule has 3 heteroatoms. The van der Waals surface area contributed by atoms with Crippen molar-refractivity contribution in [2.45, 2.75) is 57.0 Å². The summed E-state index contributed by atoms with van der Waals surface area (Å²) >= 11 is 0. The van der Waals surface area contributed by atoms with Crippen LogP contribution in [0.25, 0.3) is 0 Å². The van der Waals surface area contributed by atoms with Crippen molar-refractivity contribution in [1.82, 2.24) is 0 Å². The third-order valence-electron chi connectivity index (χ3n) is 7.21. The minimum absolute atomic E-state index is 0.0672. The van der Waals surface area contributed by atoms with Gasteiger partial charge < -0.3 is 9.47 Å². The van der Waals surface area contributed by atoms with Crippen molar-refractivity contribution in [2.24, 2.45) is 17.8 Å². The molecular weight excluding hydrogens is 288 g/mol. The van der Waals surface area contributed by atoms with Crippen molar-refractivity contribution in [3.8, 4) is 11.5 Å². The lowest BCUT2D eigenvalue weighted by atomic mass is 9.51. The molecule has 0 N–H and O–H groups in total. The van der Waals surface area contributed by atoms with Crippen LogP contribution in [-0.4, -0.2) is 19.0 Å². The van der Waals surface area contributed by atoms with E-state index in [4.69, 9.17) is 9.47 Å². The largest absolute Gasteiger partial charge is 0.493 e. The third kappa shape index (κ3) is 1.54. The topological polar surface area (TPSA) is 35.5 Å². The lowest BCUT2D eigenvalue weighted by Gasteiger charge is -2.50. The Hall–Kier alpha value is -1.51. The summed E-state index contributed by atoms with van der Waals surface area (Å²) in [6.45, 7) is 2.42. The van der Waals surface area contributed by atoms with E-state index in [0.29, 0.717) is 24.0 Å². The molecule has 5 unspecified atom stereocenters. The van der Waals surface area contributed by atoms with Crippen LogP contribution in [0.15, 0.2) is 12.1 Å². The van der Waals surface area contributed by atoms with Crippen LogP contribution in [0, 0.1) is 17.8 Å². The van der Waals surface area contributed by atoms with E-state index in [0.717, 1.165) is 36.7 Å². The summed E-state index contributed by atoms with van der Waals surface area (Å²) in [6.07, 6.45) is 6.20. The highest BCUT2D eigenvalue weighted by atomic mass is 16.5. The SMILES string of the molecule is COc1ccc2c3c1OC1C(=O)CCC4C(C2)C(C)CCCC314. The number of ketones is 1. The molecule has 5 rings (SSSR count). The van der Waals surface area contributed by atoms with Crippen molar-refractivity contribution < 1.29 is 14.3 Å². The van der Waals surface area contributed by atoms with Gasteiger partial charge in [-0.2, -0.15) is 0 Å². The Kier molecular flexibility index (Phi) is 2.73. The van der Waals surface area contributed by atoms with E-state index in [1.54, 1.807) is 7.11 Å². The number of carbonyl (C=O) groups excluding carboxylic acids is 1. The lowest BCUT2D eigenvalue weighted by Crippen LogP contribution is -2.56. The number of benzene rings is 1. The fraction of sp³-hybridized carbons (Fsp3) is 0.650. The van der Waals surface area contributed by atoms with Crippen LogP contribution in [0.1, 0.15) is 50.2 Å². The normalized spacial score (nSPS) is 40.2. The van der Waals surface area contributed by atoms with Crippen molar-refractivity contribution >= 4 is 5.78 Å². The molecule has 1 aromatic carbocycles. The summed E-state index contributed by atoms with van der Waals surface area (Å²) in [4.78, 5) is 12.7. The van der Waals surface area contributed by atoms with Gasteiger partial charge in [0.1, 0.15) is 0 Å². The maximum Gasteiger partial charge on any atom is 0.174 e. The smallest absolute Gasteiger partial charge is 0.174 e. The van der Waals surface area contributed by atoms with Crippen LogP contribution >= 0.6 is 0 Å². The fourth-order valence-corrected chi connectivity index (χ4v) is 6.30. The number of rotatable bonds is 1. The highest BCUT2D eigenvalue weighted by Gasteiger charge is 2.64. The second-order valence-electron chi connectivity index (χ2n) is 8.02. The van der Waals surface area contributed by atoms with Gasteiger partial charge in [0.05, 0.1) is 7.11 Å². The molecule has 0 saturated heterocycles. The average Bonchev–Trinajstić information content (AvgIpc) is 2.86. The molecule has 0 aromatic heterocycles. The monoisotopic (exact) mass is 312 g/mol. The van der Waals surface area contributed by atoms with Gasteiger partial charge in [0.15, 0.2) is 23.4 Å². The second-order valence-corrected chi connectivity index (χ2v) is 8.02. The van der Waals surface area contributed by atoms with Gasteiger partial charge in [0.2, 0.25) is 0 Å². The third-order valence-corrected chi connectivity index (χ3v) is 7.21. The Morgan fingerprint density at radius 2 is 2.17 bits per heavy atom. The number of hydrogen-bond donors (Lipinski definition) is 0. The Morgan fingerprint density at radius 1 is 1.30 bits per heavy atom. The molecular formula is C20H24O3. The summed E-state index contributed by atoms with van der Waals surface area (Å²) in [5, 5.41) is 0. The van der Waals surface area contributed by atoms with E-state index >= 15 is 0 Å². The molecule has 122 valence electrons. The molecule has 1 spiro atoms. The highest BCUT2D eigenvalue weighted by Crippen LogP contribution is 2.65. The lowest BCUT2D eigenvalue weighted by molar-refractivity contribution is -0.134. The second kappa shape index (κ2) is 4.52. The van der Waals surface area contributed by atoms with Crippen molar-refractivity contribution in [3.63, 3.8) is 0 Å². The summed E-state index contributed by atoms with van der Waals surface area (Å²) in [7, 11) is 1.70. The van der Waals surface area contributed by atoms with Crippen LogP contribution in [0.5, 0.6) is 11.5 Å². The molecule has 2 saturated carbocycles. The molecule has 0 radical (unpaired) electrons. The standard InChI is InChI=1S/C20H24O3/c1-11-4-3-9-20-14-6-7-15(21)19(20)23-18-16(22-2)8-5-12(17(18)20)10-13(11)14/h5,8,11,13-14,19H,3-4,6-7,9-10H2,1-2H3. The molecule has 23 heavy (non-hydrogen) atoms. The molecule has 2 bridgehead atoms. The summed E-state index contributed by atoms with van der Waals surface area (Å²) < 4.78 is 11.9. The number of ether oxygens (including phenoxy) is 2. The zero-order chi connectivity index (χ0) is 15.8. The van der Waals surface area contributed by atoms with Crippen LogP contribution in [0.2, 0.25) is 0 Å². The molecule has 5 atom stereocenters. The van der Waals surface area contributed by atoms with E-state index in [1.807, 2.05) is 6.07 Å². The molecule has 1 heterocycles. The van der Waals surface area contributed by atoms with E-state index in [2.05, 4.69) is 13.0 Å². The molecule has 0 amide bonds. The minimum Gasteiger partial charge on any atom is -0.493 e. The van der Waals surface area contributed by atoms with Gasteiger partial charge in [0.25, 0.3) is 0 Å². The molecule has 2 fully saturated rings.